The highest BCUT2D eigenvalue weighted by Crippen LogP contribution is 2.22. The number of halogens is 1. The molecule has 6 heteroatoms. The van der Waals surface area contributed by atoms with E-state index in [0.29, 0.717) is 11.3 Å². The number of para-hydroxylation sites is 2. The summed E-state index contributed by atoms with van der Waals surface area (Å²) in [5.41, 5.74) is 2.96. The van der Waals surface area contributed by atoms with Gasteiger partial charge in [0.15, 0.2) is 0 Å². The van der Waals surface area contributed by atoms with E-state index in [1.165, 1.54) is 6.07 Å². The SMILES string of the molecule is N#Cc1ccc(N2CCN(Cc3nc4ccccc4[nH]3)CC2)c(F)c1. The van der Waals surface area contributed by atoms with Crippen LogP contribution in [0.1, 0.15) is 11.4 Å². The maximum absolute atomic E-state index is 14.2. The van der Waals surface area contributed by atoms with Crippen molar-refractivity contribution in [3.8, 4) is 6.07 Å². The molecule has 0 radical (unpaired) electrons. The van der Waals surface area contributed by atoms with Crippen molar-refractivity contribution in [1.29, 1.82) is 5.26 Å². The Balaban J connectivity index is 1.40. The van der Waals surface area contributed by atoms with Gasteiger partial charge in [-0.3, -0.25) is 4.90 Å². The van der Waals surface area contributed by atoms with Crippen LogP contribution in [0.2, 0.25) is 0 Å². The quantitative estimate of drug-likeness (QED) is 0.799. The fraction of sp³-hybridized carbons (Fsp3) is 0.263. The number of imidazole rings is 1. The largest absolute Gasteiger partial charge is 0.367 e. The summed E-state index contributed by atoms with van der Waals surface area (Å²) in [6.07, 6.45) is 0. The first-order valence-electron chi connectivity index (χ1n) is 8.33. The van der Waals surface area contributed by atoms with Crippen LogP contribution in [0.15, 0.2) is 42.5 Å². The molecule has 2 aromatic carbocycles. The lowest BCUT2D eigenvalue weighted by atomic mass is 10.2. The molecular formula is C19H18FN5. The van der Waals surface area contributed by atoms with Crippen molar-refractivity contribution >= 4 is 16.7 Å². The first kappa shape index (κ1) is 15.6. The summed E-state index contributed by atoms with van der Waals surface area (Å²) in [6.45, 7) is 3.96. The number of fused-ring (bicyclic) bond motifs is 1. The molecule has 1 N–H and O–H groups in total. The molecule has 2 heterocycles. The lowest BCUT2D eigenvalue weighted by molar-refractivity contribution is 0.244. The fourth-order valence-corrected chi connectivity index (χ4v) is 3.27. The highest BCUT2D eigenvalue weighted by molar-refractivity contribution is 5.74. The van der Waals surface area contributed by atoms with Crippen LogP contribution in [0.25, 0.3) is 11.0 Å². The van der Waals surface area contributed by atoms with E-state index in [0.717, 1.165) is 49.6 Å². The van der Waals surface area contributed by atoms with Crippen molar-refractivity contribution in [2.24, 2.45) is 0 Å². The second kappa shape index (κ2) is 6.54. The standard InChI is InChI=1S/C19H18FN5/c20-15-11-14(12-21)5-6-18(15)25-9-7-24(8-10-25)13-19-22-16-3-1-2-4-17(16)23-19/h1-6,11H,7-10,13H2,(H,22,23). The Kier molecular flexibility index (Phi) is 4.08. The van der Waals surface area contributed by atoms with E-state index >= 15 is 0 Å². The molecule has 1 aliphatic rings. The lowest BCUT2D eigenvalue weighted by Crippen LogP contribution is -2.46. The van der Waals surface area contributed by atoms with E-state index in [1.807, 2.05) is 35.2 Å². The number of anilines is 1. The van der Waals surface area contributed by atoms with Gasteiger partial charge in [-0.2, -0.15) is 5.26 Å². The summed E-state index contributed by atoms with van der Waals surface area (Å²) >= 11 is 0. The number of nitrogens with zero attached hydrogens (tertiary/aromatic N) is 4. The van der Waals surface area contributed by atoms with Crippen LogP contribution in [-0.4, -0.2) is 41.0 Å². The van der Waals surface area contributed by atoms with Crippen molar-refractivity contribution in [2.45, 2.75) is 6.54 Å². The minimum atomic E-state index is -0.329. The second-order valence-electron chi connectivity index (χ2n) is 6.24. The molecule has 1 aliphatic heterocycles. The molecule has 0 saturated carbocycles. The van der Waals surface area contributed by atoms with Crippen molar-refractivity contribution in [1.82, 2.24) is 14.9 Å². The van der Waals surface area contributed by atoms with Crippen LogP contribution in [0.5, 0.6) is 0 Å². The lowest BCUT2D eigenvalue weighted by Gasteiger charge is -2.35. The molecule has 0 bridgehead atoms. The Labute approximate surface area is 145 Å². The molecule has 1 fully saturated rings. The van der Waals surface area contributed by atoms with Crippen LogP contribution < -0.4 is 4.90 Å². The van der Waals surface area contributed by atoms with Gasteiger partial charge in [0.2, 0.25) is 0 Å². The van der Waals surface area contributed by atoms with Crippen LogP contribution in [0.3, 0.4) is 0 Å². The van der Waals surface area contributed by atoms with Gasteiger partial charge >= 0.3 is 0 Å². The molecule has 5 nitrogen and oxygen atoms in total. The monoisotopic (exact) mass is 335 g/mol. The first-order valence-corrected chi connectivity index (χ1v) is 8.33. The number of benzene rings is 2. The van der Waals surface area contributed by atoms with E-state index in [9.17, 15) is 4.39 Å². The molecule has 0 spiro atoms. The molecule has 1 aromatic heterocycles. The number of nitriles is 1. The summed E-state index contributed by atoms with van der Waals surface area (Å²) in [5, 5.41) is 8.84. The number of hydrogen-bond acceptors (Lipinski definition) is 4. The molecule has 126 valence electrons. The molecular weight excluding hydrogens is 317 g/mol. The molecule has 4 rings (SSSR count). The van der Waals surface area contributed by atoms with Crippen LogP contribution in [0.4, 0.5) is 10.1 Å². The number of rotatable bonds is 3. The second-order valence-corrected chi connectivity index (χ2v) is 6.24. The smallest absolute Gasteiger partial charge is 0.147 e. The number of nitrogens with one attached hydrogen (secondary N) is 1. The molecule has 25 heavy (non-hydrogen) atoms. The predicted molar refractivity (Wildman–Crippen MR) is 94.7 cm³/mol. The molecule has 0 atom stereocenters. The third-order valence-corrected chi connectivity index (χ3v) is 4.60. The molecule has 1 saturated heterocycles. The van der Waals surface area contributed by atoms with Crippen molar-refractivity contribution in [2.75, 3.05) is 31.1 Å². The van der Waals surface area contributed by atoms with E-state index in [4.69, 9.17) is 5.26 Å². The number of aromatic amines is 1. The van der Waals surface area contributed by atoms with Gasteiger partial charge in [-0.05, 0) is 30.3 Å². The number of aromatic nitrogens is 2. The maximum atomic E-state index is 14.2. The fourth-order valence-electron chi connectivity index (χ4n) is 3.27. The predicted octanol–water partition coefficient (Wildman–Crippen LogP) is 2.90. The highest BCUT2D eigenvalue weighted by Gasteiger charge is 2.20. The van der Waals surface area contributed by atoms with Gasteiger partial charge in [0.25, 0.3) is 0 Å². The van der Waals surface area contributed by atoms with Crippen LogP contribution >= 0.6 is 0 Å². The van der Waals surface area contributed by atoms with Gasteiger partial charge in [-0.25, -0.2) is 9.37 Å². The average molecular weight is 335 g/mol. The van der Waals surface area contributed by atoms with Gasteiger partial charge < -0.3 is 9.88 Å². The van der Waals surface area contributed by atoms with E-state index in [2.05, 4.69) is 14.9 Å². The summed E-state index contributed by atoms with van der Waals surface area (Å²) in [5.74, 6) is 0.629. The highest BCUT2D eigenvalue weighted by atomic mass is 19.1. The summed E-state index contributed by atoms with van der Waals surface area (Å²) in [7, 11) is 0. The van der Waals surface area contributed by atoms with Crippen molar-refractivity contribution < 1.29 is 4.39 Å². The summed E-state index contributed by atoms with van der Waals surface area (Å²) < 4.78 is 14.2. The minimum Gasteiger partial charge on any atom is -0.367 e. The van der Waals surface area contributed by atoms with Gasteiger partial charge in [-0.15, -0.1) is 0 Å². The Morgan fingerprint density at radius 1 is 1.12 bits per heavy atom. The van der Waals surface area contributed by atoms with E-state index < -0.39 is 0 Å². The molecule has 0 aliphatic carbocycles. The summed E-state index contributed by atoms with van der Waals surface area (Å²) in [6, 6.07) is 14.6. The Morgan fingerprint density at radius 3 is 2.64 bits per heavy atom. The van der Waals surface area contributed by atoms with Crippen molar-refractivity contribution in [3.63, 3.8) is 0 Å². The molecule has 0 unspecified atom stereocenters. The Morgan fingerprint density at radius 2 is 1.92 bits per heavy atom. The first-order chi connectivity index (χ1) is 12.2. The summed E-state index contributed by atoms with van der Waals surface area (Å²) in [4.78, 5) is 12.3. The Hall–Kier alpha value is -2.91. The van der Waals surface area contributed by atoms with E-state index in [1.54, 1.807) is 12.1 Å². The Bertz CT molecular complexity index is 901. The van der Waals surface area contributed by atoms with Gasteiger partial charge in [0.1, 0.15) is 11.6 Å². The zero-order valence-electron chi connectivity index (χ0n) is 13.7. The topological polar surface area (TPSA) is 59.0 Å². The number of hydrogen-bond donors (Lipinski definition) is 1. The van der Waals surface area contributed by atoms with E-state index in [-0.39, 0.29) is 5.82 Å². The minimum absolute atomic E-state index is 0.329. The maximum Gasteiger partial charge on any atom is 0.147 e. The van der Waals surface area contributed by atoms with Crippen molar-refractivity contribution in [3.05, 3.63) is 59.7 Å². The van der Waals surface area contributed by atoms with Gasteiger partial charge in [-0.1, -0.05) is 12.1 Å². The third kappa shape index (κ3) is 3.19. The van der Waals surface area contributed by atoms with Gasteiger partial charge in [0, 0.05) is 26.2 Å². The normalized spacial score (nSPS) is 15.4. The molecule has 0 amide bonds. The van der Waals surface area contributed by atoms with Crippen LogP contribution in [0, 0.1) is 17.1 Å². The number of piperazine rings is 1. The number of H-pyrrole nitrogens is 1. The average Bonchev–Trinajstić information content (AvgIpc) is 3.04. The third-order valence-electron chi connectivity index (χ3n) is 4.60. The zero-order valence-corrected chi connectivity index (χ0v) is 13.7. The van der Waals surface area contributed by atoms with Crippen LogP contribution in [-0.2, 0) is 6.54 Å². The zero-order chi connectivity index (χ0) is 17.2. The van der Waals surface area contributed by atoms with Gasteiger partial charge in [0.05, 0.1) is 34.9 Å². The molecule has 3 aromatic rings.